The summed E-state index contributed by atoms with van der Waals surface area (Å²) in [7, 11) is 0. The third-order valence-electron chi connectivity index (χ3n) is 3.94. The molecule has 1 aromatic carbocycles. The standard InChI is InChI=1S/C21H25N3O3/c1-14(25)22-17-6-5-7-18(13-12-17)23-20(27)24-19(26)15-8-10-16(11-9-15)21(2,3)4/h6-13H,5H2,1-4H3,(H,22,25)(H2,23,24,26,27). The van der Waals surface area contributed by atoms with Gasteiger partial charge in [0.2, 0.25) is 5.91 Å². The van der Waals surface area contributed by atoms with E-state index in [1.165, 1.54) is 6.92 Å². The van der Waals surface area contributed by atoms with Crippen LogP contribution in [0.5, 0.6) is 0 Å². The molecule has 0 atom stereocenters. The highest BCUT2D eigenvalue weighted by Gasteiger charge is 2.15. The summed E-state index contributed by atoms with van der Waals surface area (Å²) in [4.78, 5) is 35.4. The van der Waals surface area contributed by atoms with E-state index < -0.39 is 11.9 Å². The van der Waals surface area contributed by atoms with Crippen LogP contribution in [0.25, 0.3) is 0 Å². The fourth-order valence-electron chi connectivity index (χ4n) is 2.48. The summed E-state index contributed by atoms with van der Waals surface area (Å²) in [5.41, 5.74) is 2.72. The number of nitrogens with one attached hydrogen (secondary N) is 3. The van der Waals surface area contributed by atoms with E-state index in [4.69, 9.17) is 0 Å². The Hall–Kier alpha value is -3.15. The Bertz CT molecular complexity index is 825. The number of urea groups is 1. The van der Waals surface area contributed by atoms with Gasteiger partial charge in [0, 0.05) is 23.9 Å². The Morgan fingerprint density at radius 1 is 0.889 bits per heavy atom. The van der Waals surface area contributed by atoms with Crippen LogP contribution in [-0.2, 0) is 10.2 Å². The molecule has 2 rings (SSSR count). The van der Waals surface area contributed by atoms with E-state index >= 15 is 0 Å². The van der Waals surface area contributed by atoms with E-state index in [-0.39, 0.29) is 11.3 Å². The van der Waals surface area contributed by atoms with Crippen LogP contribution >= 0.6 is 0 Å². The van der Waals surface area contributed by atoms with Gasteiger partial charge in [-0.05, 0) is 41.7 Å². The van der Waals surface area contributed by atoms with E-state index in [0.717, 1.165) is 5.56 Å². The van der Waals surface area contributed by atoms with Gasteiger partial charge in [-0.2, -0.15) is 0 Å². The van der Waals surface area contributed by atoms with Crippen molar-refractivity contribution in [3.63, 3.8) is 0 Å². The van der Waals surface area contributed by atoms with Gasteiger partial charge in [0.25, 0.3) is 5.91 Å². The van der Waals surface area contributed by atoms with E-state index in [1.54, 1.807) is 30.4 Å². The number of hydrogen-bond donors (Lipinski definition) is 3. The summed E-state index contributed by atoms with van der Waals surface area (Å²) >= 11 is 0. The third-order valence-corrected chi connectivity index (χ3v) is 3.94. The van der Waals surface area contributed by atoms with Gasteiger partial charge in [-0.15, -0.1) is 0 Å². The van der Waals surface area contributed by atoms with Crippen molar-refractivity contribution >= 4 is 17.8 Å². The molecule has 0 fully saturated rings. The highest BCUT2D eigenvalue weighted by molar-refractivity contribution is 6.04. The van der Waals surface area contributed by atoms with Crippen molar-refractivity contribution in [1.82, 2.24) is 16.0 Å². The molecule has 1 aliphatic carbocycles. The Kier molecular flexibility index (Phi) is 6.34. The molecule has 142 valence electrons. The molecule has 0 aromatic heterocycles. The van der Waals surface area contributed by atoms with Gasteiger partial charge in [0.1, 0.15) is 0 Å². The van der Waals surface area contributed by atoms with Crippen molar-refractivity contribution in [3.8, 4) is 0 Å². The van der Waals surface area contributed by atoms with Crippen LogP contribution < -0.4 is 16.0 Å². The summed E-state index contributed by atoms with van der Waals surface area (Å²) in [5, 5.41) is 7.63. The molecule has 0 saturated heterocycles. The Morgan fingerprint density at radius 3 is 1.96 bits per heavy atom. The van der Waals surface area contributed by atoms with Crippen molar-refractivity contribution in [2.75, 3.05) is 0 Å². The lowest BCUT2D eigenvalue weighted by Gasteiger charge is -2.19. The van der Waals surface area contributed by atoms with Crippen molar-refractivity contribution in [2.45, 2.75) is 39.5 Å². The summed E-state index contributed by atoms with van der Waals surface area (Å²) in [6.45, 7) is 7.71. The van der Waals surface area contributed by atoms with Crippen LogP contribution in [0.4, 0.5) is 4.79 Å². The molecule has 6 heteroatoms. The second-order valence-corrected chi connectivity index (χ2v) is 7.30. The van der Waals surface area contributed by atoms with Crippen molar-refractivity contribution < 1.29 is 14.4 Å². The number of carbonyl (C=O) groups excluding carboxylic acids is 3. The lowest BCUT2D eigenvalue weighted by atomic mass is 9.87. The maximum absolute atomic E-state index is 12.2. The van der Waals surface area contributed by atoms with Gasteiger partial charge in [0.05, 0.1) is 0 Å². The van der Waals surface area contributed by atoms with Crippen molar-refractivity contribution in [1.29, 1.82) is 0 Å². The first-order chi connectivity index (χ1) is 12.6. The fourth-order valence-corrected chi connectivity index (χ4v) is 2.48. The van der Waals surface area contributed by atoms with Gasteiger partial charge in [-0.25, -0.2) is 4.79 Å². The average Bonchev–Trinajstić information content (AvgIpc) is 2.78. The van der Waals surface area contributed by atoms with Crippen molar-refractivity contribution in [2.24, 2.45) is 0 Å². The molecule has 0 saturated carbocycles. The van der Waals surface area contributed by atoms with Crippen LogP contribution in [0.15, 0.2) is 60.0 Å². The molecule has 0 spiro atoms. The maximum atomic E-state index is 12.2. The SMILES string of the molecule is CC(=O)NC1=CCC=C(NC(=O)NC(=O)c2ccc(C(C)(C)C)cc2)C=C1. The van der Waals surface area contributed by atoms with Gasteiger partial charge in [0.15, 0.2) is 0 Å². The molecular formula is C21H25N3O3. The predicted molar refractivity (Wildman–Crippen MR) is 105 cm³/mol. The molecule has 0 unspecified atom stereocenters. The summed E-state index contributed by atoms with van der Waals surface area (Å²) in [6, 6.07) is 6.57. The minimum atomic E-state index is -0.612. The minimum absolute atomic E-state index is 0.00514. The smallest absolute Gasteiger partial charge is 0.326 e. The van der Waals surface area contributed by atoms with Crippen LogP contribution in [0, 0.1) is 0 Å². The van der Waals surface area contributed by atoms with Gasteiger partial charge in [-0.1, -0.05) is 45.1 Å². The number of carbonyl (C=O) groups is 3. The average molecular weight is 367 g/mol. The molecule has 4 amide bonds. The molecule has 1 aromatic rings. The predicted octanol–water partition coefficient (Wildman–Crippen LogP) is 3.29. The Labute approximate surface area is 159 Å². The van der Waals surface area contributed by atoms with Crippen LogP contribution in [0.1, 0.15) is 50.0 Å². The highest BCUT2D eigenvalue weighted by atomic mass is 16.2. The first-order valence-corrected chi connectivity index (χ1v) is 8.74. The topological polar surface area (TPSA) is 87.3 Å². The number of hydrogen-bond acceptors (Lipinski definition) is 3. The molecule has 27 heavy (non-hydrogen) atoms. The lowest BCUT2D eigenvalue weighted by Crippen LogP contribution is -2.38. The van der Waals surface area contributed by atoms with Crippen LogP contribution in [0.3, 0.4) is 0 Å². The number of imide groups is 1. The van der Waals surface area contributed by atoms with Crippen LogP contribution in [-0.4, -0.2) is 17.8 Å². The number of allylic oxidation sites excluding steroid dienone is 4. The van der Waals surface area contributed by atoms with E-state index in [0.29, 0.717) is 23.4 Å². The summed E-state index contributed by atoms with van der Waals surface area (Å²) in [5.74, 6) is -0.633. The van der Waals surface area contributed by atoms with E-state index in [2.05, 4.69) is 36.7 Å². The second kappa shape index (κ2) is 8.49. The van der Waals surface area contributed by atoms with Crippen molar-refractivity contribution in [3.05, 3.63) is 71.1 Å². The number of benzene rings is 1. The first kappa shape index (κ1) is 20.2. The summed E-state index contributed by atoms with van der Waals surface area (Å²) in [6.07, 6.45) is 7.50. The van der Waals surface area contributed by atoms with E-state index in [1.807, 2.05) is 18.2 Å². The number of rotatable bonds is 3. The summed E-state index contributed by atoms with van der Waals surface area (Å²) < 4.78 is 0. The normalized spacial score (nSPS) is 13.8. The second-order valence-electron chi connectivity index (χ2n) is 7.30. The molecule has 0 bridgehead atoms. The number of amides is 4. The van der Waals surface area contributed by atoms with Crippen LogP contribution in [0.2, 0.25) is 0 Å². The zero-order chi connectivity index (χ0) is 20.0. The zero-order valence-corrected chi connectivity index (χ0v) is 16.1. The Balaban J connectivity index is 1.93. The third kappa shape index (κ3) is 6.26. The monoisotopic (exact) mass is 367 g/mol. The molecule has 0 heterocycles. The van der Waals surface area contributed by atoms with Gasteiger partial charge in [-0.3, -0.25) is 14.9 Å². The zero-order valence-electron chi connectivity index (χ0n) is 16.1. The molecule has 3 N–H and O–H groups in total. The first-order valence-electron chi connectivity index (χ1n) is 8.74. The molecule has 0 radical (unpaired) electrons. The molecule has 6 nitrogen and oxygen atoms in total. The Morgan fingerprint density at radius 2 is 1.44 bits per heavy atom. The van der Waals surface area contributed by atoms with E-state index in [9.17, 15) is 14.4 Å². The largest absolute Gasteiger partial charge is 0.327 e. The molecular weight excluding hydrogens is 342 g/mol. The fraction of sp³-hybridized carbons (Fsp3) is 0.286. The maximum Gasteiger partial charge on any atom is 0.326 e. The minimum Gasteiger partial charge on any atom is -0.327 e. The van der Waals surface area contributed by atoms with Gasteiger partial charge < -0.3 is 10.6 Å². The quantitative estimate of drug-likeness (QED) is 0.766. The highest BCUT2D eigenvalue weighted by Crippen LogP contribution is 2.22. The molecule has 0 aliphatic heterocycles. The lowest BCUT2D eigenvalue weighted by molar-refractivity contribution is -0.118. The van der Waals surface area contributed by atoms with Gasteiger partial charge >= 0.3 is 6.03 Å². The molecule has 1 aliphatic rings.